The number of fused-ring (bicyclic) bond motifs is 1. The molecule has 0 aliphatic heterocycles. The standard InChI is InChI=1S/C20H13FN4O4/c21-12-4-7-16-17(10-12)23-18(8-5-15-6-9-19(29-15)25(27)28)24-20(16)22-13-2-1-3-14(26)11-13/h1-11,26H,(H,22,23,24)/b8-5+. The summed E-state index contributed by atoms with van der Waals surface area (Å²) in [7, 11) is 0. The predicted octanol–water partition coefficient (Wildman–Crippen LogP) is 4.89. The third-order valence-electron chi connectivity index (χ3n) is 3.97. The van der Waals surface area contributed by atoms with Gasteiger partial charge < -0.3 is 14.8 Å². The summed E-state index contributed by atoms with van der Waals surface area (Å²) in [5.74, 6) is 0.157. The number of rotatable bonds is 5. The first-order valence-corrected chi connectivity index (χ1v) is 8.43. The van der Waals surface area contributed by atoms with E-state index in [1.54, 1.807) is 18.2 Å². The van der Waals surface area contributed by atoms with Gasteiger partial charge in [0, 0.05) is 23.2 Å². The highest BCUT2D eigenvalue weighted by molar-refractivity contribution is 5.91. The number of nitrogens with zero attached hydrogens (tertiary/aromatic N) is 3. The van der Waals surface area contributed by atoms with Crippen molar-refractivity contribution in [2.75, 3.05) is 5.32 Å². The third kappa shape index (κ3) is 4.03. The number of nitrogens with one attached hydrogen (secondary N) is 1. The number of hydrogen-bond donors (Lipinski definition) is 2. The number of halogens is 1. The molecule has 9 heteroatoms. The van der Waals surface area contributed by atoms with E-state index >= 15 is 0 Å². The summed E-state index contributed by atoms with van der Waals surface area (Å²) in [5.41, 5.74) is 0.957. The van der Waals surface area contributed by atoms with Gasteiger partial charge in [0.05, 0.1) is 11.6 Å². The van der Waals surface area contributed by atoms with E-state index in [1.165, 1.54) is 48.6 Å². The lowest BCUT2D eigenvalue weighted by molar-refractivity contribution is -0.402. The second kappa shape index (κ2) is 7.39. The van der Waals surface area contributed by atoms with Crippen molar-refractivity contribution in [3.63, 3.8) is 0 Å². The first-order valence-electron chi connectivity index (χ1n) is 8.43. The van der Waals surface area contributed by atoms with E-state index in [4.69, 9.17) is 4.42 Å². The van der Waals surface area contributed by atoms with E-state index in [2.05, 4.69) is 15.3 Å². The van der Waals surface area contributed by atoms with E-state index in [0.29, 0.717) is 22.4 Å². The summed E-state index contributed by atoms with van der Waals surface area (Å²) >= 11 is 0. The van der Waals surface area contributed by atoms with Crippen molar-refractivity contribution in [2.24, 2.45) is 0 Å². The summed E-state index contributed by atoms with van der Waals surface area (Å²) in [6, 6.07) is 13.3. The molecule has 144 valence electrons. The highest BCUT2D eigenvalue weighted by Gasteiger charge is 2.11. The summed E-state index contributed by atoms with van der Waals surface area (Å²) in [6.45, 7) is 0. The average molecular weight is 392 g/mol. The Morgan fingerprint density at radius 2 is 1.97 bits per heavy atom. The summed E-state index contributed by atoms with van der Waals surface area (Å²) in [6.07, 6.45) is 2.98. The van der Waals surface area contributed by atoms with Gasteiger partial charge in [-0.15, -0.1) is 0 Å². The van der Waals surface area contributed by atoms with Crippen molar-refractivity contribution >= 4 is 40.4 Å². The molecule has 0 saturated carbocycles. The van der Waals surface area contributed by atoms with E-state index < -0.39 is 10.7 Å². The van der Waals surface area contributed by atoms with Crippen LogP contribution in [-0.2, 0) is 0 Å². The van der Waals surface area contributed by atoms with Gasteiger partial charge in [-0.1, -0.05) is 6.07 Å². The minimum Gasteiger partial charge on any atom is -0.508 e. The monoisotopic (exact) mass is 392 g/mol. The van der Waals surface area contributed by atoms with Gasteiger partial charge in [-0.2, -0.15) is 0 Å². The zero-order valence-corrected chi connectivity index (χ0v) is 14.7. The lowest BCUT2D eigenvalue weighted by atomic mass is 10.2. The summed E-state index contributed by atoms with van der Waals surface area (Å²) < 4.78 is 18.8. The Bertz CT molecular complexity index is 1250. The molecule has 29 heavy (non-hydrogen) atoms. The maximum absolute atomic E-state index is 13.7. The molecule has 0 spiro atoms. The van der Waals surface area contributed by atoms with Crippen LogP contribution in [-0.4, -0.2) is 20.0 Å². The molecule has 0 aliphatic rings. The number of phenolic OH excluding ortho intramolecular Hbond substituents is 1. The van der Waals surface area contributed by atoms with Crippen LogP contribution in [0.5, 0.6) is 5.75 Å². The van der Waals surface area contributed by atoms with Gasteiger partial charge in [-0.3, -0.25) is 10.1 Å². The molecule has 0 atom stereocenters. The van der Waals surface area contributed by atoms with Crippen molar-refractivity contribution in [1.82, 2.24) is 9.97 Å². The molecule has 0 saturated heterocycles. The van der Waals surface area contributed by atoms with Gasteiger partial charge in [0.2, 0.25) is 0 Å². The Balaban J connectivity index is 1.73. The second-order valence-corrected chi connectivity index (χ2v) is 6.03. The Labute approximate surface area is 163 Å². The SMILES string of the molecule is O=[N+]([O-])c1ccc(/C=C/c2nc(Nc3cccc(O)c3)c3ccc(F)cc3n2)o1. The molecule has 2 heterocycles. The number of aromatic hydroxyl groups is 1. The van der Waals surface area contributed by atoms with Crippen LogP contribution in [0, 0.1) is 15.9 Å². The van der Waals surface area contributed by atoms with E-state index in [-0.39, 0.29) is 23.2 Å². The van der Waals surface area contributed by atoms with Gasteiger partial charge in [0.25, 0.3) is 0 Å². The number of furan rings is 1. The highest BCUT2D eigenvalue weighted by Crippen LogP contribution is 2.27. The summed E-state index contributed by atoms with van der Waals surface area (Å²) in [4.78, 5) is 18.8. The van der Waals surface area contributed by atoms with Gasteiger partial charge in [-0.25, -0.2) is 14.4 Å². The van der Waals surface area contributed by atoms with Crippen LogP contribution in [0.25, 0.3) is 23.1 Å². The molecular formula is C20H13FN4O4. The molecule has 0 amide bonds. The molecule has 0 bridgehead atoms. The fourth-order valence-corrected chi connectivity index (χ4v) is 2.70. The lowest BCUT2D eigenvalue weighted by Gasteiger charge is -2.10. The molecule has 8 nitrogen and oxygen atoms in total. The Morgan fingerprint density at radius 1 is 1.10 bits per heavy atom. The molecule has 0 fully saturated rings. The Hall–Kier alpha value is -4.27. The zero-order chi connectivity index (χ0) is 20.4. The minimum absolute atomic E-state index is 0.0824. The molecule has 0 radical (unpaired) electrons. The van der Waals surface area contributed by atoms with Gasteiger partial charge in [0.15, 0.2) is 5.82 Å². The Morgan fingerprint density at radius 3 is 2.72 bits per heavy atom. The van der Waals surface area contributed by atoms with Crippen LogP contribution in [0.15, 0.2) is 59.0 Å². The molecule has 2 aromatic carbocycles. The largest absolute Gasteiger partial charge is 0.508 e. The van der Waals surface area contributed by atoms with Crippen LogP contribution in [0.1, 0.15) is 11.6 Å². The quantitative estimate of drug-likeness (QED) is 0.367. The number of nitro groups is 1. The second-order valence-electron chi connectivity index (χ2n) is 6.03. The molecule has 2 aromatic heterocycles. The van der Waals surface area contributed by atoms with Crippen molar-refractivity contribution in [2.45, 2.75) is 0 Å². The number of aromatic nitrogens is 2. The van der Waals surface area contributed by atoms with Gasteiger partial charge >= 0.3 is 5.88 Å². The number of benzene rings is 2. The van der Waals surface area contributed by atoms with Crippen molar-refractivity contribution < 1.29 is 18.8 Å². The van der Waals surface area contributed by atoms with Gasteiger partial charge in [0.1, 0.15) is 28.1 Å². The summed E-state index contributed by atoms with van der Waals surface area (Å²) in [5, 5.41) is 24.0. The lowest BCUT2D eigenvalue weighted by Crippen LogP contribution is -1.99. The molecular weight excluding hydrogens is 379 g/mol. The molecule has 4 aromatic rings. The van der Waals surface area contributed by atoms with Crippen molar-refractivity contribution in [3.8, 4) is 5.75 Å². The van der Waals surface area contributed by atoms with Crippen molar-refractivity contribution in [1.29, 1.82) is 0 Å². The molecule has 4 rings (SSSR count). The van der Waals surface area contributed by atoms with E-state index in [9.17, 15) is 19.6 Å². The van der Waals surface area contributed by atoms with Crippen LogP contribution >= 0.6 is 0 Å². The topological polar surface area (TPSA) is 114 Å². The zero-order valence-electron chi connectivity index (χ0n) is 14.7. The van der Waals surface area contributed by atoms with Crippen LogP contribution in [0.3, 0.4) is 0 Å². The molecule has 0 aliphatic carbocycles. The maximum atomic E-state index is 13.7. The first-order chi connectivity index (χ1) is 14.0. The minimum atomic E-state index is -0.635. The van der Waals surface area contributed by atoms with Crippen LogP contribution in [0.4, 0.5) is 21.8 Å². The smallest absolute Gasteiger partial charge is 0.433 e. The van der Waals surface area contributed by atoms with E-state index in [0.717, 1.165) is 0 Å². The fourth-order valence-electron chi connectivity index (χ4n) is 2.70. The number of phenols is 1. The van der Waals surface area contributed by atoms with Crippen molar-refractivity contribution in [3.05, 3.63) is 82.1 Å². The maximum Gasteiger partial charge on any atom is 0.433 e. The fraction of sp³-hybridized carbons (Fsp3) is 0. The number of anilines is 2. The normalized spacial score (nSPS) is 11.2. The Kier molecular flexibility index (Phi) is 4.62. The van der Waals surface area contributed by atoms with Crippen LogP contribution in [0.2, 0.25) is 0 Å². The highest BCUT2D eigenvalue weighted by atomic mass is 19.1. The average Bonchev–Trinajstić information content (AvgIpc) is 3.15. The van der Waals surface area contributed by atoms with Crippen LogP contribution < -0.4 is 5.32 Å². The number of hydrogen-bond acceptors (Lipinski definition) is 7. The predicted molar refractivity (Wildman–Crippen MR) is 105 cm³/mol. The third-order valence-corrected chi connectivity index (χ3v) is 3.97. The van der Waals surface area contributed by atoms with Gasteiger partial charge in [-0.05, 0) is 42.5 Å². The molecule has 0 unspecified atom stereocenters. The van der Waals surface area contributed by atoms with E-state index in [1.807, 2.05) is 0 Å². The first kappa shape index (κ1) is 18.1. The molecule has 2 N–H and O–H groups in total.